The molecule has 29 heavy (non-hydrogen) atoms. The molecule has 1 saturated carbocycles. The van der Waals surface area contributed by atoms with Gasteiger partial charge in [0.05, 0.1) is 6.04 Å². The fraction of sp³-hybridized carbons (Fsp3) is 0.591. The van der Waals surface area contributed by atoms with Crippen molar-refractivity contribution in [3.63, 3.8) is 0 Å². The van der Waals surface area contributed by atoms with Gasteiger partial charge in [0, 0.05) is 25.2 Å². The van der Waals surface area contributed by atoms with E-state index < -0.39 is 0 Å². The lowest BCUT2D eigenvalue weighted by Gasteiger charge is -2.26. The zero-order valence-electron chi connectivity index (χ0n) is 17.2. The molecule has 160 valence electrons. The predicted octanol–water partition coefficient (Wildman–Crippen LogP) is 2.12. The van der Waals surface area contributed by atoms with Crippen LogP contribution in [0.5, 0.6) is 0 Å². The number of rotatable bonds is 7. The van der Waals surface area contributed by atoms with Gasteiger partial charge in [-0.15, -0.1) is 0 Å². The molecule has 2 aliphatic rings. The highest BCUT2D eigenvalue weighted by Crippen LogP contribution is 2.27. The van der Waals surface area contributed by atoms with Gasteiger partial charge in [-0.3, -0.25) is 15.0 Å². The molecule has 6 N–H and O–H groups in total. The smallest absolute Gasteiger partial charge is 0.239 e. The highest BCUT2D eigenvalue weighted by atomic mass is 16.2. The van der Waals surface area contributed by atoms with Gasteiger partial charge in [-0.25, -0.2) is 0 Å². The maximum Gasteiger partial charge on any atom is 0.239 e. The van der Waals surface area contributed by atoms with E-state index in [-0.39, 0.29) is 17.8 Å². The molecule has 2 amide bonds. The molecule has 1 aliphatic carbocycles. The second-order valence-electron chi connectivity index (χ2n) is 7.99. The third-order valence-corrected chi connectivity index (χ3v) is 5.70. The van der Waals surface area contributed by atoms with E-state index in [2.05, 4.69) is 5.32 Å². The number of nitrogen functional groups attached to an aromatic ring is 1. The summed E-state index contributed by atoms with van der Waals surface area (Å²) in [5.74, 6) is 0.952. The largest absolute Gasteiger partial charge is 0.384 e. The number of nitrogens with two attached hydrogens (primary N) is 2. The maximum atomic E-state index is 12.0. The third kappa shape index (κ3) is 7.85. The Morgan fingerprint density at radius 3 is 2.31 bits per heavy atom. The first kappa shape index (κ1) is 22.9. The van der Waals surface area contributed by atoms with Crippen molar-refractivity contribution in [3.8, 4) is 0 Å². The summed E-state index contributed by atoms with van der Waals surface area (Å²) < 4.78 is 0. The third-order valence-electron chi connectivity index (χ3n) is 5.70. The van der Waals surface area contributed by atoms with Crippen LogP contribution in [0.4, 0.5) is 0 Å². The first-order chi connectivity index (χ1) is 14.0. The predicted molar refractivity (Wildman–Crippen MR) is 115 cm³/mol. The first-order valence-corrected chi connectivity index (χ1v) is 10.7. The minimum Gasteiger partial charge on any atom is -0.384 e. The minimum absolute atomic E-state index is 0.0508. The van der Waals surface area contributed by atoms with E-state index in [0.717, 1.165) is 37.9 Å². The Morgan fingerprint density at radius 2 is 1.76 bits per heavy atom. The fourth-order valence-electron chi connectivity index (χ4n) is 4.02. The van der Waals surface area contributed by atoms with Crippen LogP contribution in [-0.4, -0.2) is 42.2 Å². The summed E-state index contributed by atoms with van der Waals surface area (Å²) in [6, 6.07) is 6.93. The molecular formula is C22H35N5O2. The number of benzene rings is 1. The molecule has 0 bridgehead atoms. The molecule has 0 spiro atoms. The molecule has 7 heteroatoms. The minimum atomic E-state index is -0.235. The molecule has 3 rings (SSSR count). The van der Waals surface area contributed by atoms with Crippen molar-refractivity contribution >= 4 is 18.2 Å². The van der Waals surface area contributed by atoms with Gasteiger partial charge in [-0.2, -0.15) is 0 Å². The molecule has 1 saturated heterocycles. The molecule has 1 heterocycles. The molecule has 7 nitrogen and oxygen atoms in total. The van der Waals surface area contributed by atoms with E-state index in [9.17, 15) is 9.59 Å². The maximum absolute atomic E-state index is 12.0. The van der Waals surface area contributed by atoms with Gasteiger partial charge in [0.2, 0.25) is 12.3 Å². The number of likely N-dealkylation sites (tertiary alicyclic amines) is 1. The summed E-state index contributed by atoms with van der Waals surface area (Å²) in [6.45, 7) is 2.36. The molecule has 1 unspecified atom stereocenters. The number of nitrogens with one attached hydrogen (secondary N) is 2. The quantitative estimate of drug-likeness (QED) is 0.317. The Morgan fingerprint density at radius 1 is 1.14 bits per heavy atom. The van der Waals surface area contributed by atoms with Crippen molar-refractivity contribution in [2.24, 2.45) is 17.4 Å². The van der Waals surface area contributed by atoms with Gasteiger partial charge in [0.25, 0.3) is 0 Å². The van der Waals surface area contributed by atoms with E-state index in [4.69, 9.17) is 16.9 Å². The Hall–Kier alpha value is -2.41. The highest BCUT2D eigenvalue weighted by molar-refractivity contribution is 5.94. The summed E-state index contributed by atoms with van der Waals surface area (Å²) in [6.07, 6.45) is 10.5. The number of amides is 2. The van der Waals surface area contributed by atoms with Gasteiger partial charge in [-0.05, 0) is 30.7 Å². The number of nitrogens with zero attached hydrogens (tertiary/aromatic N) is 1. The summed E-state index contributed by atoms with van der Waals surface area (Å²) in [5, 5.41) is 9.70. The summed E-state index contributed by atoms with van der Waals surface area (Å²) in [4.78, 5) is 24.0. The second-order valence-corrected chi connectivity index (χ2v) is 7.99. The second kappa shape index (κ2) is 12.2. The van der Waals surface area contributed by atoms with E-state index in [1.807, 2.05) is 17.0 Å². The zero-order chi connectivity index (χ0) is 21.1. The monoisotopic (exact) mass is 401 g/mol. The molecule has 0 radical (unpaired) electrons. The van der Waals surface area contributed by atoms with E-state index in [0.29, 0.717) is 24.4 Å². The molecular weight excluding hydrogens is 366 g/mol. The molecule has 1 atom stereocenters. The molecule has 2 fully saturated rings. The SMILES string of the molecule is N=C(N)c1ccc(CNC=O)cc1.NC(CC1CCCCC1)C(=O)N1CCCC1. The van der Waals surface area contributed by atoms with Crippen molar-refractivity contribution < 1.29 is 9.59 Å². The van der Waals surface area contributed by atoms with E-state index in [1.54, 1.807) is 12.1 Å². The Labute approximate surface area is 173 Å². The summed E-state index contributed by atoms with van der Waals surface area (Å²) >= 11 is 0. The van der Waals surface area contributed by atoms with Crippen molar-refractivity contribution in [2.45, 2.75) is 64.0 Å². The van der Waals surface area contributed by atoms with Gasteiger partial charge in [-0.1, -0.05) is 56.4 Å². The standard InChI is InChI=1S/C13H24N2O.C9H11N3O/c14-12(10-11-6-2-1-3-7-11)13(16)15-8-4-5-9-15;10-9(11)8-3-1-7(2-4-8)5-12-6-13/h11-12H,1-10,14H2;1-4,6H,5H2,(H3,10,11)(H,12,13). The lowest BCUT2D eigenvalue weighted by atomic mass is 9.85. The van der Waals surface area contributed by atoms with Crippen LogP contribution in [0, 0.1) is 11.3 Å². The van der Waals surface area contributed by atoms with Crippen LogP contribution >= 0.6 is 0 Å². The summed E-state index contributed by atoms with van der Waals surface area (Å²) in [5.41, 5.74) is 13.0. The molecule has 1 aromatic rings. The fourth-order valence-corrected chi connectivity index (χ4v) is 4.02. The first-order valence-electron chi connectivity index (χ1n) is 10.7. The van der Waals surface area contributed by atoms with Crippen LogP contribution in [0.2, 0.25) is 0 Å². The number of amidine groups is 1. The van der Waals surface area contributed by atoms with Crippen molar-refractivity contribution in [2.75, 3.05) is 13.1 Å². The van der Waals surface area contributed by atoms with Crippen LogP contribution in [0.3, 0.4) is 0 Å². The lowest BCUT2D eigenvalue weighted by Crippen LogP contribution is -2.43. The number of hydrogen-bond donors (Lipinski definition) is 4. The van der Waals surface area contributed by atoms with Gasteiger partial charge < -0.3 is 21.7 Å². The van der Waals surface area contributed by atoms with Crippen LogP contribution in [0.15, 0.2) is 24.3 Å². The normalized spacial score (nSPS) is 17.8. The Balaban J connectivity index is 0.000000212. The number of carbonyl (C=O) groups is 2. The highest BCUT2D eigenvalue weighted by Gasteiger charge is 2.26. The molecule has 1 aromatic carbocycles. The van der Waals surface area contributed by atoms with E-state index >= 15 is 0 Å². The Bertz CT molecular complexity index is 650. The van der Waals surface area contributed by atoms with Crippen LogP contribution < -0.4 is 16.8 Å². The number of carbonyl (C=O) groups excluding carboxylic acids is 2. The average Bonchev–Trinajstić information content (AvgIpc) is 3.28. The average molecular weight is 402 g/mol. The zero-order valence-corrected chi connectivity index (χ0v) is 17.2. The Kier molecular flexibility index (Phi) is 9.64. The number of hydrogen-bond acceptors (Lipinski definition) is 4. The van der Waals surface area contributed by atoms with Crippen molar-refractivity contribution in [1.29, 1.82) is 5.41 Å². The van der Waals surface area contributed by atoms with Crippen LogP contribution in [0.1, 0.15) is 62.5 Å². The van der Waals surface area contributed by atoms with E-state index in [1.165, 1.54) is 32.1 Å². The summed E-state index contributed by atoms with van der Waals surface area (Å²) in [7, 11) is 0. The van der Waals surface area contributed by atoms with Gasteiger partial charge in [0.15, 0.2) is 0 Å². The van der Waals surface area contributed by atoms with Crippen LogP contribution in [-0.2, 0) is 16.1 Å². The van der Waals surface area contributed by atoms with Gasteiger partial charge in [0.1, 0.15) is 5.84 Å². The molecule has 1 aliphatic heterocycles. The van der Waals surface area contributed by atoms with Crippen LogP contribution in [0.25, 0.3) is 0 Å². The van der Waals surface area contributed by atoms with Crippen molar-refractivity contribution in [3.05, 3.63) is 35.4 Å². The van der Waals surface area contributed by atoms with Gasteiger partial charge >= 0.3 is 0 Å². The topological polar surface area (TPSA) is 125 Å². The van der Waals surface area contributed by atoms with Crippen molar-refractivity contribution in [1.82, 2.24) is 10.2 Å². The lowest BCUT2D eigenvalue weighted by molar-refractivity contribution is -0.132. The molecule has 0 aromatic heterocycles.